The first-order chi connectivity index (χ1) is 18.7. The molecule has 1 aliphatic heterocycles. The highest BCUT2D eigenvalue weighted by molar-refractivity contribution is 6.31. The van der Waals surface area contributed by atoms with Gasteiger partial charge in [-0.1, -0.05) is 17.7 Å². The van der Waals surface area contributed by atoms with Gasteiger partial charge in [0.1, 0.15) is 6.04 Å². The molecular formula is C25H27ClF5N5O4. The lowest BCUT2D eigenvalue weighted by Crippen LogP contribution is -2.47. The number of amides is 2. The van der Waals surface area contributed by atoms with Gasteiger partial charge in [-0.2, -0.15) is 13.2 Å². The Balaban J connectivity index is 1.71. The number of nitrogens with one attached hydrogen (secondary N) is 2. The second-order valence-electron chi connectivity index (χ2n) is 9.15. The predicted molar refractivity (Wildman–Crippen MR) is 137 cm³/mol. The monoisotopic (exact) mass is 591 g/mol. The number of carboxylic acid groups (broad SMARTS) is 1. The van der Waals surface area contributed by atoms with Gasteiger partial charge in [0.2, 0.25) is 5.91 Å². The van der Waals surface area contributed by atoms with E-state index in [0.717, 1.165) is 12.1 Å². The minimum Gasteiger partial charge on any atom is -0.480 e. The Hall–Kier alpha value is -3.49. The van der Waals surface area contributed by atoms with Gasteiger partial charge < -0.3 is 21.1 Å². The van der Waals surface area contributed by atoms with Crippen molar-refractivity contribution < 1.29 is 41.4 Å². The van der Waals surface area contributed by atoms with Gasteiger partial charge in [-0.15, -0.1) is 0 Å². The average Bonchev–Trinajstić information content (AvgIpc) is 2.88. The third-order valence-electron chi connectivity index (χ3n) is 6.28. The number of piperazine rings is 1. The molecule has 2 aromatic carbocycles. The maximum Gasteiger partial charge on any atom is 0.390 e. The Labute approximate surface area is 231 Å². The highest BCUT2D eigenvalue weighted by atomic mass is 35.5. The topological polar surface area (TPSA) is 128 Å². The first-order valence-corrected chi connectivity index (χ1v) is 12.5. The number of hydrogen-bond donors (Lipinski definition) is 4. The average molecular weight is 592 g/mol. The predicted octanol–water partition coefficient (Wildman–Crippen LogP) is 3.36. The van der Waals surface area contributed by atoms with E-state index in [-0.39, 0.29) is 17.8 Å². The Kier molecular flexibility index (Phi) is 10.3. The zero-order valence-electron chi connectivity index (χ0n) is 21.0. The molecule has 1 unspecified atom stereocenters. The minimum atomic E-state index is -4.25. The van der Waals surface area contributed by atoms with E-state index in [2.05, 4.69) is 10.6 Å². The van der Waals surface area contributed by atoms with E-state index < -0.39 is 66.6 Å². The summed E-state index contributed by atoms with van der Waals surface area (Å²) in [6, 6.07) is 5.23. The smallest absolute Gasteiger partial charge is 0.390 e. The Morgan fingerprint density at radius 3 is 2.33 bits per heavy atom. The van der Waals surface area contributed by atoms with Crippen LogP contribution in [0.3, 0.4) is 0 Å². The van der Waals surface area contributed by atoms with Crippen molar-refractivity contribution in [2.45, 2.75) is 31.6 Å². The highest BCUT2D eigenvalue weighted by Gasteiger charge is 2.29. The molecule has 1 aliphatic rings. The Morgan fingerprint density at radius 1 is 1.05 bits per heavy atom. The summed E-state index contributed by atoms with van der Waals surface area (Å²) >= 11 is 6.13. The SMILES string of the molecule is NC(=O)CC(NCc1ccc(C(=O)Nc2ccc(Cl)cc2N2CCN(CCC(F)(F)F)CC2)c(F)c1F)C(=O)O. The number of carbonyl (C=O) groups excluding carboxylic acids is 2. The molecule has 1 fully saturated rings. The fourth-order valence-corrected chi connectivity index (χ4v) is 4.31. The summed E-state index contributed by atoms with van der Waals surface area (Å²) in [5.41, 5.74) is 4.80. The van der Waals surface area contributed by atoms with E-state index in [0.29, 0.717) is 36.9 Å². The molecule has 2 amide bonds. The van der Waals surface area contributed by atoms with Gasteiger partial charge in [-0.05, 0) is 24.3 Å². The van der Waals surface area contributed by atoms with Crippen LogP contribution in [0.4, 0.5) is 33.3 Å². The molecule has 9 nitrogen and oxygen atoms in total. The number of primary amides is 1. The standard InChI is InChI=1S/C25H27ClF5N5O4/c26-15-2-4-17(19(11-15)36-9-7-35(8-10-36)6-5-25(29,30)31)34-23(38)16-3-1-14(21(27)22(16)28)13-33-18(24(39)40)12-20(32)37/h1-4,11,18,33H,5-10,12-13H2,(H2,32,37)(H,34,38)(H,39,40). The molecule has 15 heteroatoms. The van der Waals surface area contributed by atoms with Crippen LogP contribution in [-0.2, 0) is 16.1 Å². The molecule has 1 saturated heterocycles. The van der Waals surface area contributed by atoms with E-state index >= 15 is 0 Å². The minimum absolute atomic E-state index is 0.130. The fourth-order valence-electron chi connectivity index (χ4n) is 4.14. The second-order valence-corrected chi connectivity index (χ2v) is 9.59. The second kappa shape index (κ2) is 13.2. The number of carboxylic acids is 1. The highest BCUT2D eigenvalue weighted by Crippen LogP contribution is 2.31. The van der Waals surface area contributed by atoms with Gasteiger partial charge in [0, 0.05) is 49.9 Å². The molecule has 1 atom stereocenters. The van der Waals surface area contributed by atoms with Crippen LogP contribution in [0.1, 0.15) is 28.8 Å². The molecule has 0 aromatic heterocycles. The van der Waals surface area contributed by atoms with Crippen molar-refractivity contribution in [2.24, 2.45) is 5.73 Å². The van der Waals surface area contributed by atoms with Crippen LogP contribution in [-0.4, -0.2) is 72.7 Å². The first-order valence-electron chi connectivity index (χ1n) is 12.1. The summed E-state index contributed by atoms with van der Waals surface area (Å²) in [5, 5.41) is 14.4. The number of benzene rings is 2. The number of carbonyl (C=O) groups is 3. The number of anilines is 2. The third-order valence-corrected chi connectivity index (χ3v) is 6.52. The summed E-state index contributed by atoms with van der Waals surface area (Å²) in [6.45, 7) is 0.790. The van der Waals surface area contributed by atoms with Gasteiger partial charge in [-0.25, -0.2) is 8.78 Å². The first kappa shape index (κ1) is 31.0. The van der Waals surface area contributed by atoms with Crippen LogP contribution in [0.5, 0.6) is 0 Å². The molecule has 0 spiro atoms. The fraction of sp³-hybridized carbons (Fsp3) is 0.400. The zero-order chi connectivity index (χ0) is 29.6. The number of rotatable bonds is 11. The molecule has 3 rings (SSSR count). The molecule has 40 heavy (non-hydrogen) atoms. The Bertz CT molecular complexity index is 1250. The van der Waals surface area contributed by atoms with Gasteiger partial charge in [0.15, 0.2) is 11.6 Å². The molecule has 2 aromatic rings. The molecule has 1 heterocycles. The van der Waals surface area contributed by atoms with Crippen LogP contribution in [0.2, 0.25) is 5.02 Å². The lowest BCUT2D eigenvalue weighted by atomic mass is 10.1. The van der Waals surface area contributed by atoms with Gasteiger partial charge >= 0.3 is 12.1 Å². The number of alkyl halides is 3. The molecule has 0 saturated carbocycles. The normalized spacial score (nSPS) is 15.1. The largest absolute Gasteiger partial charge is 0.480 e. The third kappa shape index (κ3) is 8.50. The van der Waals surface area contributed by atoms with Gasteiger partial charge in [0.25, 0.3) is 5.91 Å². The van der Waals surface area contributed by atoms with Crippen molar-refractivity contribution in [1.82, 2.24) is 10.2 Å². The maximum atomic E-state index is 14.9. The quantitative estimate of drug-likeness (QED) is 0.295. The van der Waals surface area contributed by atoms with Crippen LogP contribution in [0.15, 0.2) is 30.3 Å². The van der Waals surface area contributed by atoms with Crippen molar-refractivity contribution in [3.05, 3.63) is 58.1 Å². The van der Waals surface area contributed by atoms with Gasteiger partial charge in [-0.3, -0.25) is 24.6 Å². The summed E-state index contributed by atoms with van der Waals surface area (Å²) in [6.07, 6.45) is -5.74. The van der Waals surface area contributed by atoms with E-state index in [1.54, 1.807) is 11.0 Å². The summed E-state index contributed by atoms with van der Waals surface area (Å²) < 4.78 is 67.2. The van der Waals surface area contributed by atoms with E-state index in [9.17, 15) is 36.3 Å². The van der Waals surface area contributed by atoms with Crippen LogP contribution >= 0.6 is 11.6 Å². The van der Waals surface area contributed by atoms with E-state index in [1.807, 2.05) is 4.90 Å². The van der Waals surface area contributed by atoms with Crippen molar-refractivity contribution in [3.63, 3.8) is 0 Å². The van der Waals surface area contributed by atoms with E-state index in [4.69, 9.17) is 22.4 Å². The van der Waals surface area contributed by atoms with E-state index in [1.165, 1.54) is 12.1 Å². The number of halogens is 6. The number of hydrogen-bond acceptors (Lipinski definition) is 6. The lowest BCUT2D eigenvalue weighted by Gasteiger charge is -2.37. The lowest BCUT2D eigenvalue weighted by molar-refractivity contribution is -0.141. The van der Waals surface area contributed by atoms with Crippen molar-refractivity contribution in [2.75, 3.05) is 42.9 Å². The molecule has 0 aliphatic carbocycles. The number of nitrogens with zero attached hydrogens (tertiary/aromatic N) is 2. The van der Waals surface area contributed by atoms with Crippen molar-refractivity contribution in [1.29, 1.82) is 0 Å². The molecule has 218 valence electrons. The molecule has 0 radical (unpaired) electrons. The van der Waals surface area contributed by atoms with Crippen LogP contribution in [0, 0.1) is 11.6 Å². The van der Waals surface area contributed by atoms with Crippen molar-refractivity contribution in [3.8, 4) is 0 Å². The van der Waals surface area contributed by atoms with Crippen LogP contribution in [0.25, 0.3) is 0 Å². The summed E-state index contributed by atoms with van der Waals surface area (Å²) in [5.74, 6) is -6.12. The number of aliphatic carboxylic acids is 1. The molecule has 5 N–H and O–H groups in total. The molecule has 0 bridgehead atoms. The Morgan fingerprint density at radius 2 is 1.73 bits per heavy atom. The summed E-state index contributed by atoms with van der Waals surface area (Å²) in [7, 11) is 0. The zero-order valence-corrected chi connectivity index (χ0v) is 21.8. The maximum absolute atomic E-state index is 14.9. The summed E-state index contributed by atoms with van der Waals surface area (Å²) in [4.78, 5) is 38.6. The molecular weight excluding hydrogens is 565 g/mol. The number of nitrogens with two attached hydrogens (primary N) is 1. The van der Waals surface area contributed by atoms with Gasteiger partial charge in [0.05, 0.1) is 29.8 Å². The van der Waals surface area contributed by atoms with Crippen molar-refractivity contribution >= 4 is 40.8 Å². The van der Waals surface area contributed by atoms with Crippen LogP contribution < -0.4 is 21.3 Å².